The van der Waals surface area contributed by atoms with Crippen LogP contribution in [0.2, 0.25) is 5.02 Å². The van der Waals surface area contributed by atoms with Gasteiger partial charge in [-0.25, -0.2) is 0 Å². The van der Waals surface area contributed by atoms with Crippen molar-refractivity contribution in [3.63, 3.8) is 0 Å². The number of rotatable bonds is 4. The number of amides is 2. The quantitative estimate of drug-likeness (QED) is 0.826. The Morgan fingerprint density at radius 2 is 1.80 bits per heavy atom. The van der Waals surface area contributed by atoms with Crippen LogP contribution in [-0.2, 0) is 11.3 Å². The molecule has 1 aliphatic rings. The molecule has 130 valence electrons. The van der Waals surface area contributed by atoms with Crippen LogP contribution in [-0.4, -0.2) is 29.3 Å². The van der Waals surface area contributed by atoms with E-state index in [-0.39, 0.29) is 11.8 Å². The predicted molar refractivity (Wildman–Crippen MR) is 98.2 cm³/mol. The van der Waals surface area contributed by atoms with E-state index in [0.29, 0.717) is 35.8 Å². The van der Waals surface area contributed by atoms with E-state index in [1.165, 1.54) is 0 Å². The molecule has 2 aromatic rings. The van der Waals surface area contributed by atoms with E-state index in [1.807, 2.05) is 12.1 Å². The molecule has 1 aliphatic heterocycles. The van der Waals surface area contributed by atoms with Crippen molar-refractivity contribution in [2.45, 2.75) is 25.4 Å². The summed E-state index contributed by atoms with van der Waals surface area (Å²) in [4.78, 5) is 26.9. The molecule has 2 amide bonds. The van der Waals surface area contributed by atoms with Gasteiger partial charge in [0, 0.05) is 29.4 Å². The van der Waals surface area contributed by atoms with Crippen molar-refractivity contribution >= 4 is 29.1 Å². The summed E-state index contributed by atoms with van der Waals surface area (Å²) >= 11 is 5.86. The molecule has 5 nitrogen and oxygen atoms in total. The number of nitrogen functional groups attached to an aromatic ring is 1. The molecule has 1 heterocycles. The number of carbonyl (C=O) groups excluding carboxylic acids is 2. The van der Waals surface area contributed by atoms with Crippen LogP contribution >= 0.6 is 11.6 Å². The first-order valence-corrected chi connectivity index (χ1v) is 8.61. The minimum absolute atomic E-state index is 0.128. The van der Waals surface area contributed by atoms with Gasteiger partial charge < -0.3 is 16.0 Å². The number of halogens is 1. The highest BCUT2D eigenvalue weighted by molar-refractivity contribution is 6.30. The molecule has 3 rings (SSSR count). The lowest BCUT2D eigenvalue weighted by molar-refractivity contribution is -0.125. The molecule has 3 N–H and O–H groups in total. The fourth-order valence-electron chi connectivity index (χ4n) is 2.98. The number of nitrogens with zero attached hydrogens (tertiary/aromatic N) is 1. The van der Waals surface area contributed by atoms with Crippen LogP contribution < -0.4 is 11.1 Å². The lowest BCUT2D eigenvalue weighted by Gasteiger charge is -2.24. The fourth-order valence-corrected chi connectivity index (χ4v) is 3.11. The number of nitrogens with two attached hydrogens (primary N) is 1. The van der Waals surface area contributed by atoms with Gasteiger partial charge in [-0.05, 0) is 54.8 Å². The largest absolute Gasteiger partial charge is 0.399 e. The van der Waals surface area contributed by atoms with Gasteiger partial charge in [-0.2, -0.15) is 0 Å². The van der Waals surface area contributed by atoms with Gasteiger partial charge in [0.2, 0.25) is 5.91 Å². The lowest BCUT2D eigenvalue weighted by Crippen LogP contribution is -2.45. The zero-order chi connectivity index (χ0) is 17.8. The Labute approximate surface area is 151 Å². The Hall–Kier alpha value is -2.53. The zero-order valence-electron chi connectivity index (χ0n) is 13.7. The maximum absolute atomic E-state index is 12.7. The molecule has 1 saturated heterocycles. The second-order valence-corrected chi connectivity index (χ2v) is 6.56. The van der Waals surface area contributed by atoms with Crippen LogP contribution in [0.15, 0.2) is 48.5 Å². The highest BCUT2D eigenvalue weighted by Gasteiger charge is 2.34. The molecule has 0 radical (unpaired) electrons. The maximum Gasteiger partial charge on any atom is 0.254 e. The zero-order valence-corrected chi connectivity index (χ0v) is 14.5. The Morgan fingerprint density at radius 1 is 1.12 bits per heavy atom. The Bertz CT molecular complexity index is 759. The third kappa shape index (κ3) is 4.12. The molecule has 1 fully saturated rings. The van der Waals surface area contributed by atoms with Crippen molar-refractivity contribution in [1.82, 2.24) is 10.2 Å². The molecule has 0 spiro atoms. The molecule has 0 bridgehead atoms. The van der Waals surface area contributed by atoms with E-state index in [0.717, 1.165) is 12.0 Å². The van der Waals surface area contributed by atoms with E-state index in [9.17, 15) is 9.59 Å². The fraction of sp³-hybridized carbons (Fsp3) is 0.263. The summed E-state index contributed by atoms with van der Waals surface area (Å²) in [7, 11) is 0. The minimum Gasteiger partial charge on any atom is -0.399 e. The third-order valence-corrected chi connectivity index (χ3v) is 4.61. The minimum atomic E-state index is -0.433. The molecule has 2 aromatic carbocycles. The summed E-state index contributed by atoms with van der Waals surface area (Å²) < 4.78 is 0. The highest BCUT2D eigenvalue weighted by atomic mass is 35.5. The topological polar surface area (TPSA) is 75.4 Å². The second-order valence-electron chi connectivity index (χ2n) is 6.12. The normalized spacial score (nSPS) is 16.7. The van der Waals surface area contributed by atoms with E-state index in [1.54, 1.807) is 41.3 Å². The average molecular weight is 358 g/mol. The molecular formula is C19H20ClN3O2. The summed E-state index contributed by atoms with van der Waals surface area (Å²) in [6.07, 6.45) is 1.49. The number of carbonyl (C=O) groups is 2. The van der Waals surface area contributed by atoms with Gasteiger partial charge in [-0.1, -0.05) is 23.7 Å². The summed E-state index contributed by atoms with van der Waals surface area (Å²) in [5, 5.41) is 3.57. The van der Waals surface area contributed by atoms with Gasteiger partial charge in [-0.15, -0.1) is 0 Å². The van der Waals surface area contributed by atoms with Gasteiger partial charge in [0.25, 0.3) is 5.91 Å². The third-order valence-electron chi connectivity index (χ3n) is 4.35. The van der Waals surface area contributed by atoms with E-state index in [2.05, 4.69) is 5.32 Å². The lowest BCUT2D eigenvalue weighted by atomic mass is 10.1. The summed E-state index contributed by atoms with van der Waals surface area (Å²) in [5.41, 5.74) is 7.78. The van der Waals surface area contributed by atoms with Gasteiger partial charge in [0.15, 0.2) is 0 Å². The van der Waals surface area contributed by atoms with Crippen molar-refractivity contribution in [2.75, 3.05) is 12.3 Å². The van der Waals surface area contributed by atoms with Crippen LogP contribution in [0.1, 0.15) is 28.8 Å². The van der Waals surface area contributed by atoms with Gasteiger partial charge in [-0.3, -0.25) is 9.59 Å². The smallest absolute Gasteiger partial charge is 0.254 e. The summed E-state index contributed by atoms with van der Waals surface area (Å²) in [6, 6.07) is 13.7. The van der Waals surface area contributed by atoms with Gasteiger partial charge in [0.1, 0.15) is 6.04 Å². The number of hydrogen-bond acceptors (Lipinski definition) is 3. The highest BCUT2D eigenvalue weighted by Crippen LogP contribution is 2.21. The summed E-state index contributed by atoms with van der Waals surface area (Å²) in [5.74, 6) is -0.264. The number of anilines is 1. The molecular weight excluding hydrogens is 338 g/mol. The Kier molecular flexibility index (Phi) is 5.24. The number of nitrogens with one attached hydrogen (secondary N) is 1. The van der Waals surface area contributed by atoms with Crippen molar-refractivity contribution in [2.24, 2.45) is 0 Å². The van der Waals surface area contributed by atoms with Crippen molar-refractivity contribution in [1.29, 1.82) is 0 Å². The first kappa shape index (κ1) is 17.3. The van der Waals surface area contributed by atoms with Gasteiger partial charge >= 0.3 is 0 Å². The SMILES string of the molecule is Nc1ccc(C(=O)N2CCCC2C(=O)NCc2ccc(Cl)cc2)cc1. The van der Waals surface area contributed by atoms with Crippen LogP contribution in [0.4, 0.5) is 5.69 Å². The van der Waals surface area contributed by atoms with Crippen LogP contribution in [0, 0.1) is 0 Å². The Balaban J connectivity index is 1.64. The average Bonchev–Trinajstić information content (AvgIpc) is 3.11. The number of hydrogen-bond donors (Lipinski definition) is 2. The second kappa shape index (κ2) is 7.57. The monoisotopic (exact) mass is 357 g/mol. The molecule has 0 aliphatic carbocycles. The van der Waals surface area contributed by atoms with Crippen molar-refractivity contribution in [3.05, 3.63) is 64.7 Å². The predicted octanol–water partition coefficient (Wildman–Crippen LogP) is 2.84. The van der Waals surface area contributed by atoms with Crippen LogP contribution in [0.5, 0.6) is 0 Å². The summed E-state index contributed by atoms with van der Waals surface area (Å²) in [6.45, 7) is 0.999. The van der Waals surface area contributed by atoms with Crippen molar-refractivity contribution < 1.29 is 9.59 Å². The van der Waals surface area contributed by atoms with E-state index in [4.69, 9.17) is 17.3 Å². The van der Waals surface area contributed by atoms with E-state index < -0.39 is 6.04 Å². The van der Waals surface area contributed by atoms with Crippen molar-refractivity contribution in [3.8, 4) is 0 Å². The standard InChI is InChI=1S/C19H20ClN3O2/c20-15-7-3-13(4-8-15)12-22-18(24)17-2-1-11-23(17)19(25)14-5-9-16(21)10-6-14/h3-10,17H,1-2,11-12,21H2,(H,22,24). The number of benzene rings is 2. The maximum atomic E-state index is 12.7. The molecule has 6 heteroatoms. The van der Waals surface area contributed by atoms with E-state index >= 15 is 0 Å². The molecule has 25 heavy (non-hydrogen) atoms. The molecule has 1 atom stereocenters. The van der Waals surface area contributed by atoms with Gasteiger partial charge in [0.05, 0.1) is 0 Å². The Morgan fingerprint density at radius 3 is 2.48 bits per heavy atom. The molecule has 0 aromatic heterocycles. The first-order chi connectivity index (χ1) is 12.0. The number of likely N-dealkylation sites (tertiary alicyclic amines) is 1. The molecule has 0 saturated carbocycles. The van der Waals surface area contributed by atoms with Crippen LogP contribution in [0.25, 0.3) is 0 Å². The van der Waals surface area contributed by atoms with Crippen LogP contribution in [0.3, 0.4) is 0 Å². The first-order valence-electron chi connectivity index (χ1n) is 8.23. The molecule has 1 unspecified atom stereocenters.